The van der Waals surface area contributed by atoms with Gasteiger partial charge < -0.3 is 9.80 Å². The summed E-state index contributed by atoms with van der Waals surface area (Å²) in [5.74, 6) is 0.972. The third kappa shape index (κ3) is 4.37. The molecule has 2 saturated heterocycles. The summed E-state index contributed by atoms with van der Waals surface area (Å²) in [6, 6.07) is 11.1. The Balaban J connectivity index is 1.49. The van der Waals surface area contributed by atoms with Gasteiger partial charge in [-0.2, -0.15) is 0 Å². The Bertz CT molecular complexity index is 525. The second-order valence-electron chi connectivity index (χ2n) is 7.51. The summed E-state index contributed by atoms with van der Waals surface area (Å²) >= 11 is 0. The highest BCUT2D eigenvalue weighted by molar-refractivity contribution is 5.78. The maximum atomic E-state index is 12.8. The minimum Gasteiger partial charge on any atom is -0.338 e. The maximum absolute atomic E-state index is 12.8. The SMILES string of the molecule is C[C@H]1CN(C)CCCN1C(=O)CN1CCC(c2ccccc2)CC1. The molecule has 1 atom stereocenters. The van der Waals surface area contributed by atoms with Crippen molar-refractivity contribution in [2.75, 3.05) is 46.3 Å². The second-order valence-corrected chi connectivity index (χ2v) is 7.51. The predicted molar refractivity (Wildman–Crippen MR) is 98.1 cm³/mol. The van der Waals surface area contributed by atoms with E-state index in [4.69, 9.17) is 0 Å². The van der Waals surface area contributed by atoms with E-state index in [0.29, 0.717) is 24.4 Å². The molecule has 4 heteroatoms. The Morgan fingerprint density at radius 2 is 1.79 bits per heavy atom. The first-order valence-corrected chi connectivity index (χ1v) is 9.39. The van der Waals surface area contributed by atoms with Crippen molar-refractivity contribution in [3.63, 3.8) is 0 Å². The molecular weight excluding hydrogens is 298 g/mol. The van der Waals surface area contributed by atoms with E-state index in [1.165, 1.54) is 5.56 Å². The van der Waals surface area contributed by atoms with Crippen molar-refractivity contribution in [1.29, 1.82) is 0 Å². The zero-order chi connectivity index (χ0) is 16.9. The summed E-state index contributed by atoms with van der Waals surface area (Å²) in [6.07, 6.45) is 3.41. The van der Waals surface area contributed by atoms with Crippen molar-refractivity contribution in [2.45, 2.75) is 38.1 Å². The van der Waals surface area contributed by atoms with Gasteiger partial charge in [0.1, 0.15) is 0 Å². The summed E-state index contributed by atoms with van der Waals surface area (Å²) in [5, 5.41) is 0. The van der Waals surface area contributed by atoms with E-state index in [2.05, 4.69) is 59.0 Å². The van der Waals surface area contributed by atoms with Crippen molar-refractivity contribution < 1.29 is 4.79 Å². The first-order valence-electron chi connectivity index (χ1n) is 9.39. The van der Waals surface area contributed by atoms with E-state index in [0.717, 1.165) is 52.0 Å². The minimum absolute atomic E-state index is 0.316. The molecule has 0 radical (unpaired) electrons. The number of hydrogen-bond donors (Lipinski definition) is 0. The van der Waals surface area contributed by atoms with E-state index in [-0.39, 0.29) is 0 Å². The molecular formula is C20H31N3O. The monoisotopic (exact) mass is 329 g/mol. The highest BCUT2D eigenvalue weighted by Gasteiger charge is 2.27. The number of hydrogen-bond acceptors (Lipinski definition) is 3. The average Bonchev–Trinajstić information content (AvgIpc) is 2.76. The van der Waals surface area contributed by atoms with Gasteiger partial charge in [-0.3, -0.25) is 9.69 Å². The van der Waals surface area contributed by atoms with Crippen LogP contribution in [0.5, 0.6) is 0 Å². The molecule has 0 bridgehead atoms. The Kier molecular flexibility index (Phi) is 5.90. The molecule has 0 aromatic heterocycles. The molecule has 3 rings (SSSR count). The van der Waals surface area contributed by atoms with Gasteiger partial charge in [-0.05, 0) is 64.3 Å². The molecule has 0 saturated carbocycles. The number of carbonyl (C=O) groups is 1. The van der Waals surface area contributed by atoms with Crippen LogP contribution in [0.4, 0.5) is 0 Å². The standard InChI is InChI=1S/C20H31N3O/c1-17-15-21(2)11-6-12-23(17)20(24)16-22-13-9-19(10-14-22)18-7-4-3-5-8-18/h3-5,7-8,17,19H,6,9-16H2,1-2H3/t17-/m0/s1. The van der Waals surface area contributed by atoms with Crippen LogP contribution in [0, 0.1) is 0 Å². The third-order valence-corrected chi connectivity index (χ3v) is 5.58. The van der Waals surface area contributed by atoms with Crippen LogP contribution < -0.4 is 0 Å². The van der Waals surface area contributed by atoms with Crippen molar-refractivity contribution in [1.82, 2.24) is 14.7 Å². The van der Waals surface area contributed by atoms with Crippen molar-refractivity contribution in [3.05, 3.63) is 35.9 Å². The zero-order valence-electron chi connectivity index (χ0n) is 15.2. The number of likely N-dealkylation sites (tertiary alicyclic amines) is 1. The van der Waals surface area contributed by atoms with E-state index < -0.39 is 0 Å². The zero-order valence-corrected chi connectivity index (χ0v) is 15.2. The molecule has 132 valence electrons. The average molecular weight is 329 g/mol. The minimum atomic E-state index is 0.316. The summed E-state index contributed by atoms with van der Waals surface area (Å²) < 4.78 is 0. The van der Waals surface area contributed by atoms with Crippen LogP contribution in [-0.2, 0) is 4.79 Å². The van der Waals surface area contributed by atoms with Gasteiger partial charge in [0.05, 0.1) is 6.54 Å². The number of likely N-dealkylation sites (N-methyl/N-ethyl adjacent to an activating group) is 1. The van der Waals surface area contributed by atoms with Gasteiger partial charge in [0.15, 0.2) is 0 Å². The summed E-state index contributed by atoms with van der Waals surface area (Å²) in [4.78, 5) is 19.5. The number of rotatable bonds is 3. The van der Waals surface area contributed by atoms with Crippen LogP contribution in [-0.4, -0.2) is 73.0 Å². The molecule has 2 heterocycles. The molecule has 24 heavy (non-hydrogen) atoms. The van der Waals surface area contributed by atoms with Crippen molar-refractivity contribution >= 4 is 5.91 Å². The lowest BCUT2D eigenvalue weighted by atomic mass is 9.89. The van der Waals surface area contributed by atoms with Gasteiger partial charge in [0.2, 0.25) is 5.91 Å². The first kappa shape index (κ1) is 17.4. The quantitative estimate of drug-likeness (QED) is 0.852. The Morgan fingerprint density at radius 1 is 1.08 bits per heavy atom. The summed E-state index contributed by atoms with van der Waals surface area (Å²) in [6.45, 7) is 7.83. The normalized spacial score (nSPS) is 24.8. The second kappa shape index (κ2) is 8.13. The van der Waals surface area contributed by atoms with Gasteiger partial charge in [-0.25, -0.2) is 0 Å². The predicted octanol–water partition coefficient (Wildman–Crippen LogP) is 2.42. The van der Waals surface area contributed by atoms with Crippen LogP contribution in [0.25, 0.3) is 0 Å². The number of piperidine rings is 1. The fourth-order valence-corrected chi connectivity index (χ4v) is 4.17. The molecule has 0 aliphatic carbocycles. The lowest BCUT2D eigenvalue weighted by Gasteiger charge is -2.34. The topological polar surface area (TPSA) is 26.8 Å². The Morgan fingerprint density at radius 3 is 2.50 bits per heavy atom. The van der Waals surface area contributed by atoms with Crippen LogP contribution in [0.15, 0.2) is 30.3 Å². The van der Waals surface area contributed by atoms with Gasteiger partial charge in [-0.15, -0.1) is 0 Å². The lowest BCUT2D eigenvalue weighted by Crippen LogP contribution is -2.47. The van der Waals surface area contributed by atoms with Crippen LogP contribution in [0.3, 0.4) is 0 Å². The van der Waals surface area contributed by atoms with Crippen LogP contribution in [0.1, 0.15) is 37.7 Å². The first-order chi connectivity index (χ1) is 11.6. The summed E-state index contributed by atoms with van der Waals surface area (Å²) in [5.41, 5.74) is 1.45. The molecule has 2 aliphatic rings. The van der Waals surface area contributed by atoms with Crippen molar-refractivity contribution in [2.24, 2.45) is 0 Å². The molecule has 0 spiro atoms. The molecule has 1 aromatic rings. The molecule has 4 nitrogen and oxygen atoms in total. The third-order valence-electron chi connectivity index (χ3n) is 5.58. The van der Waals surface area contributed by atoms with Crippen LogP contribution >= 0.6 is 0 Å². The van der Waals surface area contributed by atoms with Gasteiger partial charge in [0, 0.05) is 19.1 Å². The fourth-order valence-electron chi connectivity index (χ4n) is 4.17. The van der Waals surface area contributed by atoms with E-state index in [1.54, 1.807) is 0 Å². The summed E-state index contributed by atoms with van der Waals surface area (Å²) in [7, 11) is 2.15. The number of carbonyl (C=O) groups excluding carboxylic acids is 1. The largest absolute Gasteiger partial charge is 0.338 e. The number of amides is 1. The molecule has 2 fully saturated rings. The maximum Gasteiger partial charge on any atom is 0.237 e. The molecule has 1 aromatic carbocycles. The van der Waals surface area contributed by atoms with Gasteiger partial charge in [-0.1, -0.05) is 30.3 Å². The molecule has 0 N–H and O–H groups in total. The Hall–Kier alpha value is -1.39. The van der Waals surface area contributed by atoms with Crippen LogP contribution in [0.2, 0.25) is 0 Å². The van der Waals surface area contributed by atoms with Crippen molar-refractivity contribution in [3.8, 4) is 0 Å². The molecule has 0 unspecified atom stereocenters. The lowest BCUT2D eigenvalue weighted by molar-refractivity contribution is -0.134. The van der Waals surface area contributed by atoms with Gasteiger partial charge in [0.25, 0.3) is 0 Å². The molecule has 1 amide bonds. The van der Waals surface area contributed by atoms with Gasteiger partial charge >= 0.3 is 0 Å². The number of benzene rings is 1. The molecule has 2 aliphatic heterocycles. The highest BCUT2D eigenvalue weighted by Crippen LogP contribution is 2.27. The number of nitrogens with zero attached hydrogens (tertiary/aromatic N) is 3. The van der Waals surface area contributed by atoms with E-state index in [1.807, 2.05) is 0 Å². The smallest absolute Gasteiger partial charge is 0.237 e. The fraction of sp³-hybridized carbons (Fsp3) is 0.650. The highest BCUT2D eigenvalue weighted by atomic mass is 16.2. The van der Waals surface area contributed by atoms with E-state index >= 15 is 0 Å². The van der Waals surface area contributed by atoms with E-state index in [9.17, 15) is 4.79 Å². The Labute approximate surface area is 146 Å².